The predicted molar refractivity (Wildman–Crippen MR) is 79.9 cm³/mol. The molecule has 1 aliphatic heterocycles. The molecule has 2 rings (SSSR count). The van der Waals surface area contributed by atoms with Gasteiger partial charge in [-0.15, -0.1) is 0 Å². The molecule has 2 heterocycles. The van der Waals surface area contributed by atoms with E-state index in [4.69, 9.17) is 14.3 Å². The molecule has 0 saturated heterocycles. The van der Waals surface area contributed by atoms with E-state index in [-0.39, 0.29) is 5.71 Å². The van der Waals surface area contributed by atoms with Gasteiger partial charge in [0.2, 0.25) is 12.1 Å². The normalized spacial score (nSPS) is 19.6. The number of aryl methyl sites for hydroxylation is 1. The molecular weight excluding hydrogens is 349 g/mol. The standard InChI is InChI=1S/C13H20N3O4.BF4/c1-4-18-12(17)11-9-13(2,20-14-11)19-8-7-16-6-5-15(3)10-16;2-1(3,4)5/h5-6,10H,4,7-9H2,1-3H3;/q+1;-1. The maximum absolute atomic E-state index is 11.5. The van der Waals surface area contributed by atoms with Crippen LogP contribution in [0.25, 0.3) is 0 Å². The Morgan fingerprint density at radius 1 is 1.48 bits per heavy atom. The molecule has 0 aliphatic carbocycles. The topological polar surface area (TPSA) is 65.9 Å². The minimum Gasteiger partial charge on any atom is -0.461 e. The van der Waals surface area contributed by atoms with Crippen LogP contribution in [0.5, 0.6) is 0 Å². The second-order valence-corrected chi connectivity index (χ2v) is 5.32. The van der Waals surface area contributed by atoms with E-state index in [1.165, 1.54) is 0 Å². The van der Waals surface area contributed by atoms with Crippen molar-refractivity contribution in [3.05, 3.63) is 18.7 Å². The summed E-state index contributed by atoms with van der Waals surface area (Å²) in [6, 6.07) is 0. The van der Waals surface area contributed by atoms with Gasteiger partial charge < -0.3 is 31.6 Å². The number of ether oxygens (including phenoxy) is 2. The highest BCUT2D eigenvalue weighted by molar-refractivity contribution is 6.50. The van der Waals surface area contributed by atoms with Crippen molar-refractivity contribution in [1.82, 2.24) is 4.57 Å². The highest BCUT2D eigenvalue weighted by Gasteiger charge is 2.38. The number of nitrogens with zero attached hydrogens (tertiary/aromatic N) is 3. The zero-order valence-corrected chi connectivity index (χ0v) is 14.1. The summed E-state index contributed by atoms with van der Waals surface area (Å²) < 4.78 is 53.5. The molecule has 142 valence electrons. The van der Waals surface area contributed by atoms with Crippen molar-refractivity contribution in [3.63, 3.8) is 0 Å². The molecule has 1 aromatic rings. The van der Waals surface area contributed by atoms with E-state index < -0.39 is 19.0 Å². The second kappa shape index (κ2) is 8.83. The molecule has 0 fully saturated rings. The minimum atomic E-state index is -6.00. The minimum absolute atomic E-state index is 0.265. The number of carbonyl (C=O) groups is 1. The van der Waals surface area contributed by atoms with Crippen LogP contribution in [0, 0.1) is 0 Å². The van der Waals surface area contributed by atoms with Crippen molar-refractivity contribution < 1.29 is 40.9 Å². The smallest absolute Gasteiger partial charge is 0.461 e. The number of oxime groups is 1. The molecule has 1 aliphatic rings. The zero-order valence-electron chi connectivity index (χ0n) is 14.1. The summed E-state index contributed by atoms with van der Waals surface area (Å²) in [6.45, 7) is 5.00. The maximum atomic E-state index is 11.5. The van der Waals surface area contributed by atoms with Gasteiger partial charge in [-0.3, -0.25) is 0 Å². The maximum Gasteiger partial charge on any atom is 0.673 e. The first-order chi connectivity index (χ1) is 11.5. The summed E-state index contributed by atoms with van der Waals surface area (Å²) in [5, 5.41) is 3.74. The number of rotatable bonds is 6. The molecule has 1 atom stereocenters. The van der Waals surface area contributed by atoms with Gasteiger partial charge in [-0.05, 0) is 6.92 Å². The third kappa shape index (κ3) is 8.52. The molecule has 12 heteroatoms. The third-order valence-corrected chi connectivity index (χ3v) is 2.93. The van der Waals surface area contributed by atoms with Crippen molar-refractivity contribution in [2.45, 2.75) is 32.6 Å². The van der Waals surface area contributed by atoms with E-state index in [1.54, 1.807) is 13.8 Å². The first-order valence-corrected chi connectivity index (χ1v) is 7.47. The van der Waals surface area contributed by atoms with Crippen molar-refractivity contribution in [2.24, 2.45) is 12.2 Å². The number of aromatic nitrogens is 2. The first kappa shape index (κ1) is 20.9. The van der Waals surface area contributed by atoms with E-state index in [1.807, 2.05) is 34.9 Å². The van der Waals surface area contributed by atoms with Crippen LogP contribution in [0.2, 0.25) is 0 Å². The van der Waals surface area contributed by atoms with Crippen molar-refractivity contribution >= 4 is 18.9 Å². The highest BCUT2D eigenvalue weighted by Crippen LogP contribution is 2.25. The molecule has 1 aromatic heterocycles. The molecule has 0 amide bonds. The third-order valence-electron chi connectivity index (χ3n) is 2.93. The SMILES string of the molecule is CCOC(=O)C1=NOC(C)(OCCn2cc[n+](C)c2)C1.F[B-](F)(F)F. The Morgan fingerprint density at radius 2 is 2.12 bits per heavy atom. The van der Waals surface area contributed by atoms with Gasteiger partial charge in [-0.1, -0.05) is 5.16 Å². The lowest BCUT2D eigenvalue weighted by Gasteiger charge is -2.21. The molecule has 25 heavy (non-hydrogen) atoms. The van der Waals surface area contributed by atoms with Gasteiger partial charge in [0.05, 0.1) is 26.7 Å². The number of esters is 1. The summed E-state index contributed by atoms with van der Waals surface area (Å²) in [4.78, 5) is 16.7. The van der Waals surface area contributed by atoms with Gasteiger partial charge in [-0.2, -0.15) is 0 Å². The van der Waals surface area contributed by atoms with Gasteiger partial charge in [-0.25, -0.2) is 13.9 Å². The van der Waals surface area contributed by atoms with Crippen molar-refractivity contribution in [2.75, 3.05) is 13.2 Å². The fraction of sp³-hybridized carbons (Fsp3) is 0.615. The molecule has 0 saturated carbocycles. The van der Waals surface area contributed by atoms with Crippen LogP contribution in [0.1, 0.15) is 20.3 Å². The van der Waals surface area contributed by atoms with Crippen molar-refractivity contribution in [3.8, 4) is 0 Å². The monoisotopic (exact) mass is 369 g/mol. The van der Waals surface area contributed by atoms with Crippen LogP contribution in [0.15, 0.2) is 23.9 Å². The van der Waals surface area contributed by atoms with E-state index in [0.717, 1.165) is 0 Å². The van der Waals surface area contributed by atoms with Crippen LogP contribution in [0.3, 0.4) is 0 Å². The first-order valence-electron chi connectivity index (χ1n) is 7.47. The molecule has 0 spiro atoms. The lowest BCUT2D eigenvalue weighted by molar-refractivity contribution is -0.671. The van der Waals surface area contributed by atoms with Gasteiger partial charge in [0.1, 0.15) is 18.9 Å². The van der Waals surface area contributed by atoms with Crippen LogP contribution < -0.4 is 4.57 Å². The Balaban J connectivity index is 0.000000550. The fourth-order valence-electron chi connectivity index (χ4n) is 1.92. The second-order valence-electron chi connectivity index (χ2n) is 5.32. The van der Waals surface area contributed by atoms with E-state index in [9.17, 15) is 22.1 Å². The lowest BCUT2D eigenvalue weighted by Crippen LogP contribution is -2.32. The Bertz CT molecular complexity index is 602. The number of halogens is 4. The number of carbonyl (C=O) groups excluding carboxylic acids is 1. The molecular formula is C13H20BF4N3O4. The van der Waals surface area contributed by atoms with Gasteiger partial charge in [0.25, 0.3) is 0 Å². The molecule has 0 aromatic carbocycles. The Hall–Kier alpha value is -2.11. The Kier molecular flexibility index (Phi) is 7.40. The molecule has 1 unspecified atom stereocenters. The predicted octanol–water partition coefficient (Wildman–Crippen LogP) is 1.68. The summed E-state index contributed by atoms with van der Waals surface area (Å²) in [7, 11) is -4.04. The van der Waals surface area contributed by atoms with Gasteiger partial charge in [0, 0.05) is 6.92 Å². The number of imidazole rings is 1. The molecule has 7 nitrogen and oxygen atoms in total. The van der Waals surface area contributed by atoms with Crippen LogP contribution in [-0.2, 0) is 32.7 Å². The van der Waals surface area contributed by atoms with Crippen molar-refractivity contribution in [1.29, 1.82) is 0 Å². The van der Waals surface area contributed by atoms with Gasteiger partial charge >= 0.3 is 13.2 Å². The summed E-state index contributed by atoms with van der Waals surface area (Å²) in [6.07, 6.45) is 6.17. The lowest BCUT2D eigenvalue weighted by atomic mass is 10.1. The van der Waals surface area contributed by atoms with E-state index in [2.05, 4.69) is 5.16 Å². The Labute approximate surface area is 142 Å². The van der Waals surface area contributed by atoms with Crippen LogP contribution >= 0.6 is 0 Å². The summed E-state index contributed by atoms with van der Waals surface area (Å²) in [5.41, 5.74) is 0.265. The zero-order chi connectivity index (χ0) is 19.1. The molecule has 0 bridgehead atoms. The fourth-order valence-corrected chi connectivity index (χ4v) is 1.92. The summed E-state index contributed by atoms with van der Waals surface area (Å²) in [5.74, 6) is -1.34. The van der Waals surface area contributed by atoms with Crippen LogP contribution in [-0.4, -0.2) is 42.5 Å². The highest BCUT2D eigenvalue weighted by atomic mass is 19.5. The average molecular weight is 369 g/mol. The van der Waals surface area contributed by atoms with E-state index >= 15 is 0 Å². The largest absolute Gasteiger partial charge is 0.673 e. The quantitative estimate of drug-likeness (QED) is 0.331. The molecule has 0 N–H and O–H groups in total. The molecule has 0 radical (unpaired) electrons. The van der Waals surface area contributed by atoms with Crippen LogP contribution in [0.4, 0.5) is 17.3 Å². The average Bonchev–Trinajstić information content (AvgIpc) is 3.04. The van der Waals surface area contributed by atoms with Gasteiger partial charge in [0.15, 0.2) is 5.71 Å². The number of hydrogen-bond donors (Lipinski definition) is 0. The Morgan fingerprint density at radius 3 is 2.64 bits per heavy atom. The number of hydrogen-bond acceptors (Lipinski definition) is 5. The van der Waals surface area contributed by atoms with E-state index in [0.29, 0.717) is 26.2 Å². The summed E-state index contributed by atoms with van der Waals surface area (Å²) >= 11 is 0.